The van der Waals surface area contributed by atoms with Gasteiger partial charge in [-0.15, -0.1) is 5.10 Å². The van der Waals surface area contributed by atoms with E-state index in [9.17, 15) is 0 Å². The fraction of sp³-hybridized carbons (Fsp3) is 0.176. The summed E-state index contributed by atoms with van der Waals surface area (Å²) in [6.07, 6.45) is 1.64. The highest BCUT2D eigenvalue weighted by Gasteiger charge is 2.13. The summed E-state index contributed by atoms with van der Waals surface area (Å²) in [6, 6.07) is 9.90. The molecule has 9 nitrogen and oxygen atoms in total. The van der Waals surface area contributed by atoms with E-state index in [1.54, 1.807) is 13.3 Å². The molecular formula is C17H17N7O2. The molecule has 0 fully saturated rings. The van der Waals surface area contributed by atoms with Crippen LogP contribution in [-0.4, -0.2) is 46.4 Å². The van der Waals surface area contributed by atoms with Gasteiger partial charge in [0.1, 0.15) is 0 Å². The molecule has 0 bridgehead atoms. The maximum atomic E-state index is 5.67. The molecule has 0 spiro atoms. The number of nitrogens with one attached hydrogen (secondary N) is 2. The van der Waals surface area contributed by atoms with Crippen LogP contribution in [0.2, 0.25) is 0 Å². The molecule has 0 atom stereocenters. The maximum absolute atomic E-state index is 5.67. The summed E-state index contributed by atoms with van der Waals surface area (Å²) in [7, 11) is 5.53. The highest BCUT2D eigenvalue weighted by molar-refractivity contribution is 5.82. The fourth-order valence-corrected chi connectivity index (χ4v) is 2.51. The molecule has 26 heavy (non-hydrogen) atoms. The number of aromatic nitrogens is 5. The number of H-pyrrole nitrogens is 1. The first-order valence-electron chi connectivity index (χ1n) is 7.91. The van der Waals surface area contributed by atoms with Gasteiger partial charge in [0.15, 0.2) is 5.52 Å². The van der Waals surface area contributed by atoms with Crippen LogP contribution in [0.5, 0.6) is 5.88 Å². The molecule has 0 radical (unpaired) electrons. The number of rotatable bonds is 5. The molecule has 0 amide bonds. The second-order valence-corrected chi connectivity index (χ2v) is 5.78. The first-order chi connectivity index (χ1) is 12.6. The zero-order chi connectivity index (χ0) is 18.1. The fourth-order valence-electron chi connectivity index (χ4n) is 2.51. The zero-order valence-corrected chi connectivity index (χ0v) is 14.5. The lowest BCUT2D eigenvalue weighted by Crippen LogP contribution is -2.07. The average Bonchev–Trinajstić information content (AvgIpc) is 3.28. The molecule has 0 saturated heterocycles. The molecule has 132 valence electrons. The average molecular weight is 351 g/mol. The van der Waals surface area contributed by atoms with Crippen molar-refractivity contribution in [2.24, 2.45) is 0 Å². The van der Waals surface area contributed by atoms with Crippen LogP contribution < -0.4 is 15.0 Å². The second kappa shape index (κ2) is 6.36. The van der Waals surface area contributed by atoms with Crippen LogP contribution in [0.1, 0.15) is 0 Å². The first-order valence-corrected chi connectivity index (χ1v) is 7.91. The van der Waals surface area contributed by atoms with E-state index in [0.29, 0.717) is 23.2 Å². The summed E-state index contributed by atoms with van der Waals surface area (Å²) < 4.78 is 10.9. The highest BCUT2D eigenvalue weighted by Crippen LogP contribution is 2.26. The Labute approximate surface area is 149 Å². The smallest absolute Gasteiger partial charge is 0.322 e. The first kappa shape index (κ1) is 15.9. The summed E-state index contributed by atoms with van der Waals surface area (Å²) in [5.74, 6) is 1.33. The monoisotopic (exact) mass is 351 g/mol. The lowest BCUT2D eigenvalue weighted by Gasteiger charge is -2.11. The van der Waals surface area contributed by atoms with Crippen molar-refractivity contribution >= 4 is 28.7 Å². The SMILES string of the molecule is COc1nccc2[nH]c(Nc3nnc(-c4ccc(N(C)C)cc4)o3)nc12. The summed E-state index contributed by atoms with van der Waals surface area (Å²) in [4.78, 5) is 13.7. The lowest BCUT2D eigenvalue weighted by molar-refractivity contribution is 0.402. The lowest BCUT2D eigenvalue weighted by atomic mass is 10.2. The normalized spacial score (nSPS) is 10.9. The van der Waals surface area contributed by atoms with Crippen molar-refractivity contribution in [2.75, 3.05) is 31.4 Å². The van der Waals surface area contributed by atoms with Gasteiger partial charge in [-0.3, -0.25) is 5.32 Å². The van der Waals surface area contributed by atoms with E-state index in [2.05, 4.69) is 30.5 Å². The molecular weight excluding hydrogens is 334 g/mol. The largest absolute Gasteiger partial charge is 0.479 e. The molecule has 0 aliphatic rings. The summed E-state index contributed by atoms with van der Waals surface area (Å²) in [5.41, 5.74) is 3.35. The topological polar surface area (TPSA) is 105 Å². The van der Waals surface area contributed by atoms with Gasteiger partial charge in [-0.05, 0) is 30.3 Å². The third-order valence-corrected chi connectivity index (χ3v) is 3.84. The summed E-state index contributed by atoms with van der Waals surface area (Å²) >= 11 is 0. The standard InChI is InChI=1S/C17H17N7O2/c1-24(2)11-6-4-10(5-7-11)14-22-23-17(26-14)21-16-19-12-8-9-18-15(25-3)13(12)20-16/h4-9H,1-3H3,(H2,19,20,21,23). The van der Waals surface area contributed by atoms with Crippen LogP contribution in [-0.2, 0) is 0 Å². The molecule has 0 aliphatic carbocycles. The van der Waals surface area contributed by atoms with Gasteiger partial charge in [0.05, 0.1) is 12.6 Å². The minimum absolute atomic E-state index is 0.239. The second-order valence-electron chi connectivity index (χ2n) is 5.78. The predicted molar refractivity (Wildman–Crippen MR) is 97.8 cm³/mol. The molecule has 4 aromatic rings. The number of imidazole rings is 1. The molecule has 0 saturated carbocycles. The van der Waals surface area contributed by atoms with Crippen molar-refractivity contribution in [3.8, 4) is 17.3 Å². The minimum Gasteiger partial charge on any atom is -0.479 e. The van der Waals surface area contributed by atoms with E-state index in [-0.39, 0.29) is 6.01 Å². The Morgan fingerprint density at radius 1 is 1.12 bits per heavy atom. The Morgan fingerprint density at radius 2 is 1.92 bits per heavy atom. The minimum atomic E-state index is 0.239. The van der Waals surface area contributed by atoms with Crippen LogP contribution in [0, 0.1) is 0 Å². The number of aromatic amines is 1. The van der Waals surface area contributed by atoms with Crippen molar-refractivity contribution in [2.45, 2.75) is 0 Å². The van der Waals surface area contributed by atoms with Gasteiger partial charge in [0.2, 0.25) is 17.7 Å². The molecule has 0 unspecified atom stereocenters. The third-order valence-electron chi connectivity index (χ3n) is 3.84. The third kappa shape index (κ3) is 2.90. The van der Waals surface area contributed by atoms with Gasteiger partial charge >= 0.3 is 6.01 Å². The van der Waals surface area contributed by atoms with Gasteiger partial charge in [-0.2, -0.15) is 0 Å². The zero-order valence-electron chi connectivity index (χ0n) is 14.5. The number of benzene rings is 1. The van der Waals surface area contributed by atoms with E-state index in [4.69, 9.17) is 9.15 Å². The van der Waals surface area contributed by atoms with E-state index >= 15 is 0 Å². The predicted octanol–water partition coefficient (Wildman–Crippen LogP) is 2.83. The number of hydrogen-bond acceptors (Lipinski definition) is 8. The van der Waals surface area contributed by atoms with Gasteiger partial charge in [-0.1, -0.05) is 5.10 Å². The van der Waals surface area contributed by atoms with Crippen LogP contribution >= 0.6 is 0 Å². The molecule has 2 N–H and O–H groups in total. The van der Waals surface area contributed by atoms with Crippen LogP contribution in [0.25, 0.3) is 22.5 Å². The number of anilines is 3. The van der Waals surface area contributed by atoms with E-state index in [1.165, 1.54) is 0 Å². The number of nitrogens with zero attached hydrogens (tertiary/aromatic N) is 5. The maximum Gasteiger partial charge on any atom is 0.322 e. The van der Waals surface area contributed by atoms with Crippen molar-refractivity contribution < 1.29 is 9.15 Å². The van der Waals surface area contributed by atoms with Crippen LogP contribution in [0.3, 0.4) is 0 Å². The van der Waals surface area contributed by atoms with Gasteiger partial charge in [-0.25, -0.2) is 9.97 Å². The Kier molecular flexibility index (Phi) is 3.88. The van der Waals surface area contributed by atoms with Crippen LogP contribution in [0.4, 0.5) is 17.7 Å². The van der Waals surface area contributed by atoms with Gasteiger partial charge in [0.25, 0.3) is 0 Å². The van der Waals surface area contributed by atoms with Crippen LogP contribution in [0.15, 0.2) is 40.9 Å². The van der Waals surface area contributed by atoms with Crippen molar-refractivity contribution in [1.82, 2.24) is 25.1 Å². The summed E-state index contributed by atoms with van der Waals surface area (Å²) in [5, 5.41) is 11.1. The number of hydrogen-bond donors (Lipinski definition) is 2. The Bertz CT molecular complexity index is 1040. The molecule has 4 rings (SSSR count). The molecule has 9 heteroatoms. The van der Waals surface area contributed by atoms with Crippen molar-refractivity contribution in [3.05, 3.63) is 36.5 Å². The highest BCUT2D eigenvalue weighted by atomic mass is 16.5. The Hall–Kier alpha value is -3.62. The molecule has 3 heterocycles. The molecule has 0 aliphatic heterocycles. The van der Waals surface area contributed by atoms with E-state index in [0.717, 1.165) is 16.8 Å². The number of pyridine rings is 1. The van der Waals surface area contributed by atoms with Crippen molar-refractivity contribution in [3.63, 3.8) is 0 Å². The van der Waals surface area contributed by atoms with E-state index < -0.39 is 0 Å². The van der Waals surface area contributed by atoms with Gasteiger partial charge in [0, 0.05) is 31.5 Å². The molecule has 3 aromatic heterocycles. The van der Waals surface area contributed by atoms with Gasteiger partial charge < -0.3 is 19.0 Å². The summed E-state index contributed by atoms with van der Waals surface area (Å²) in [6.45, 7) is 0. The number of methoxy groups -OCH3 is 1. The number of ether oxygens (including phenoxy) is 1. The van der Waals surface area contributed by atoms with E-state index in [1.807, 2.05) is 49.3 Å². The molecule has 1 aromatic carbocycles. The Morgan fingerprint density at radius 3 is 2.65 bits per heavy atom. The number of fused-ring (bicyclic) bond motifs is 1. The quantitative estimate of drug-likeness (QED) is 0.565. The Balaban J connectivity index is 1.57. The van der Waals surface area contributed by atoms with Crippen molar-refractivity contribution in [1.29, 1.82) is 0 Å².